The molecule has 0 spiro atoms. The SMILES string of the molecule is COc1nsc(C(=O)NC2CCC(OC)CC2)c1Br. The van der Waals surface area contributed by atoms with E-state index in [9.17, 15) is 4.79 Å². The van der Waals surface area contributed by atoms with Crippen molar-refractivity contribution in [1.29, 1.82) is 0 Å². The van der Waals surface area contributed by atoms with Crippen LogP contribution in [0.25, 0.3) is 0 Å². The molecule has 1 aromatic rings. The minimum absolute atomic E-state index is 0.0893. The van der Waals surface area contributed by atoms with E-state index in [1.807, 2.05) is 0 Å². The summed E-state index contributed by atoms with van der Waals surface area (Å²) in [6.07, 6.45) is 4.24. The third-order valence-electron chi connectivity index (χ3n) is 3.35. The summed E-state index contributed by atoms with van der Waals surface area (Å²) in [4.78, 5) is 12.7. The lowest BCUT2D eigenvalue weighted by Gasteiger charge is -2.28. The van der Waals surface area contributed by atoms with E-state index in [1.165, 1.54) is 7.11 Å². The largest absolute Gasteiger partial charge is 0.480 e. The van der Waals surface area contributed by atoms with Gasteiger partial charge in [0.1, 0.15) is 9.35 Å². The number of hydrogen-bond acceptors (Lipinski definition) is 5. The molecule has 19 heavy (non-hydrogen) atoms. The minimum Gasteiger partial charge on any atom is -0.480 e. The number of amides is 1. The van der Waals surface area contributed by atoms with Gasteiger partial charge in [-0.25, -0.2) is 0 Å². The normalized spacial score (nSPS) is 23.1. The maximum Gasteiger partial charge on any atom is 0.264 e. The summed E-state index contributed by atoms with van der Waals surface area (Å²) in [5.41, 5.74) is 0. The molecule has 0 unspecified atom stereocenters. The van der Waals surface area contributed by atoms with Crippen LogP contribution in [0, 0.1) is 0 Å². The fourth-order valence-electron chi connectivity index (χ4n) is 2.23. The zero-order valence-corrected chi connectivity index (χ0v) is 13.3. The molecule has 0 saturated heterocycles. The maximum absolute atomic E-state index is 12.2. The van der Waals surface area contributed by atoms with E-state index in [2.05, 4.69) is 25.6 Å². The van der Waals surface area contributed by atoms with Gasteiger partial charge in [-0.1, -0.05) is 0 Å². The van der Waals surface area contributed by atoms with Gasteiger partial charge in [0.25, 0.3) is 5.91 Å². The molecule has 1 heterocycles. The van der Waals surface area contributed by atoms with Crippen molar-refractivity contribution in [2.75, 3.05) is 14.2 Å². The van der Waals surface area contributed by atoms with Crippen LogP contribution in [0.5, 0.6) is 5.88 Å². The third kappa shape index (κ3) is 3.46. The van der Waals surface area contributed by atoms with E-state index in [0.29, 0.717) is 21.3 Å². The molecule has 1 aromatic heterocycles. The van der Waals surface area contributed by atoms with Crippen LogP contribution in [0.1, 0.15) is 35.4 Å². The highest BCUT2D eigenvalue weighted by atomic mass is 79.9. The number of ether oxygens (including phenoxy) is 2. The smallest absolute Gasteiger partial charge is 0.264 e. The van der Waals surface area contributed by atoms with Gasteiger partial charge in [0.05, 0.1) is 13.2 Å². The Hall–Kier alpha value is -0.660. The highest BCUT2D eigenvalue weighted by Gasteiger charge is 2.25. The number of carbonyl (C=O) groups is 1. The first-order valence-corrected chi connectivity index (χ1v) is 7.75. The first kappa shape index (κ1) is 14.7. The van der Waals surface area contributed by atoms with Gasteiger partial charge in [-0.05, 0) is 53.1 Å². The van der Waals surface area contributed by atoms with Crippen molar-refractivity contribution in [3.63, 3.8) is 0 Å². The van der Waals surface area contributed by atoms with Gasteiger partial charge in [-0.2, -0.15) is 4.37 Å². The Morgan fingerprint density at radius 3 is 2.58 bits per heavy atom. The van der Waals surface area contributed by atoms with Crippen LogP contribution in [-0.2, 0) is 4.74 Å². The van der Waals surface area contributed by atoms with Gasteiger partial charge in [-0.15, -0.1) is 0 Å². The average molecular weight is 349 g/mol. The van der Waals surface area contributed by atoms with Crippen LogP contribution in [0.3, 0.4) is 0 Å². The number of nitrogens with one attached hydrogen (secondary N) is 1. The predicted octanol–water partition coefficient (Wildman–Crippen LogP) is 2.60. The number of carbonyl (C=O) groups excluding carboxylic acids is 1. The standard InChI is InChI=1S/C12H17BrN2O3S/c1-17-8-5-3-7(4-6-8)14-11(16)10-9(13)12(18-2)15-19-10/h7-8H,3-6H2,1-2H3,(H,14,16). The molecule has 1 aliphatic carbocycles. The Morgan fingerprint density at radius 2 is 2.05 bits per heavy atom. The topological polar surface area (TPSA) is 60.5 Å². The van der Waals surface area contributed by atoms with Crippen LogP contribution in [0.4, 0.5) is 0 Å². The van der Waals surface area contributed by atoms with Gasteiger partial charge in [0.15, 0.2) is 0 Å². The maximum atomic E-state index is 12.2. The Morgan fingerprint density at radius 1 is 1.37 bits per heavy atom. The van der Waals surface area contributed by atoms with Gasteiger partial charge in [0, 0.05) is 13.2 Å². The van der Waals surface area contributed by atoms with Crippen molar-refractivity contribution in [3.05, 3.63) is 9.35 Å². The summed E-state index contributed by atoms with van der Waals surface area (Å²) in [5, 5.41) is 3.05. The molecule has 5 nitrogen and oxygen atoms in total. The van der Waals surface area contributed by atoms with Crippen molar-refractivity contribution in [1.82, 2.24) is 9.69 Å². The third-order valence-corrected chi connectivity index (χ3v) is 5.18. The highest BCUT2D eigenvalue weighted by Crippen LogP contribution is 2.31. The first-order chi connectivity index (χ1) is 9.15. The Labute approximate surface area is 125 Å². The number of halogens is 1. The zero-order chi connectivity index (χ0) is 13.8. The van der Waals surface area contributed by atoms with Crippen molar-refractivity contribution in [2.24, 2.45) is 0 Å². The number of rotatable bonds is 4. The molecule has 0 radical (unpaired) electrons. The molecule has 1 fully saturated rings. The lowest BCUT2D eigenvalue weighted by atomic mass is 9.93. The summed E-state index contributed by atoms with van der Waals surface area (Å²) in [6, 6.07) is 0.221. The van der Waals surface area contributed by atoms with Crippen molar-refractivity contribution >= 4 is 33.4 Å². The molecule has 1 saturated carbocycles. The Bertz CT molecular complexity index is 444. The molecular formula is C12H17BrN2O3S. The van der Waals surface area contributed by atoms with Crippen molar-refractivity contribution in [2.45, 2.75) is 37.8 Å². The number of aromatic nitrogens is 1. The molecule has 1 aliphatic rings. The molecule has 1 N–H and O–H groups in total. The molecule has 2 rings (SSSR count). The lowest BCUT2D eigenvalue weighted by Crippen LogP contribution is -2.38. The summed E-state index contributed by atoms with van der Waals surface area (Å²) < 4.78 is 15.1. The van der Waals surface area contributed by atoms with E-state index >= 15 is 0 Å². The monoisotopic (exact) mass is 348 g/mol. The van der Waals surface area contributed by atoms with Gasteiger partial charge < -0.3 is 14.8 Å². The Kier molecular flexibility index (Phi) is 5.18. The molecule has 106 valence electrons. The zero-order valence-electron chi connectivity index (χ0n) is 10.9. The van der Waals surface area contributed by atoms with E-state index in [-0.39, 0.29) is 11.9 Å². The molecule has 0 atom stereocenters. The minimum atomic E-state index is -0.0893. The van der Waals surface area contributed by atoms with Crippen molar-refractivity contribution < 1.29 is 14.3 Å². The van der Waals surface area contributed by atoms with Crippen LogP contribution < -0.4 is 10.1 Å². The van der Waals surface area contributed by atoms with Gasteiger partial charge >= 0.3 is 0 Å². The van der Waals surface area contributed by atoms with Crippen LogP contribution in [0.15, 0.2) is 4.47 Å². The van der Waals surface area contributed by atoms with Crippen LogP contribution in [-0.4, -0.2) is 36.6 Å². The number of hydrogen-bond donors (Lipinski definition) is 1. The summed E-state index contributed by atoms with van der Waals surface area (Å²) >= 11 is 4.48. The quantitative estimate of drug-likeness (QED) is 0.908. The predicted molar refractivity (Wildman–Crippen MR) is 76.9 cm³/mol. The summed E-state index contributed by atoms with van der Waals surface area (Å²) in [7, 11) is 3.28. The molecular weight excluding hydrogens is 332 g/mol. The average Bonchev–Trinajstić information content (AvgIpc) is 2.80. The second-order valence-electron chi connectivity index (χ2n) is 4.52. The molecule has 0 aliphatic heterocycles. The number of nitrogens with zero attached hydrogens (tertiary/aromatic N) is 1. The van der Waals surface area contributed by atoms with Gasteiger partial charge in [-0.3, -0.25) is 4.79 Å². The summed E-state index contributed by atoms with van der Waals surface area (Å²) in [5.74, 6) is 0.367. The van der Waals surface area contributed by atoms with Crippen molar-refractivity contribution in [3.8, 4) is 5.88 Å². The highest BCUT2D eigenvalue weighted by molar-refractivity contribution is 9.10. The molecule has 0 bridgehead atoms. The van der Waals surface area contributed by atoms with E-state index < -0.39 is 0 Å². The molecule has 7 heteroatoms. The Balaban J connectivity index is 1.92. The fraction of sp³-hybridized carbons (Fsp3) is 0.667. The van der Waals surface area contributed by atoms with Crippen LogP contribution in [0.2, 0.25) is 0 Å². The summed E-state index contributed by atoms with van der Waals surface area (Å²) in [6.45, 7) is 0. The van der Waals surface area contributed by atoms with Crippen LogP contribution >= 0.6 is 27.5 Å². The lowest BCUT2D eigenvalue weighted by molar-refractivity contribution is 0.0600. The van der Waals surface area contributed by atoms with E-state index in [1.54, 1.807) is 7.11 Å². The molecule has 1 amide bonds. The first-order valence-electron chi connectivity index (χ1n) is 6.18. The second kappa shape index (κ2) is 6.67. The van der Waals surface area contributed by atoms with Gasteiger partial charge in [0.2, 0.25) is 5.88 Å². The second-order valence-corrected chi connectivity index (χ2v) is 6.08. The number of methoxy groups -OCH3 is 2. The fourth-order valence-corrected chi connectivity index (χ4v) is 3.64. The molecule has 0 aromatic carbocycles. The van der Waals surface area contributed by atoms with E-state index in [0.717, 1.165) is 37.2 Å². The van der Waals surface area contributed by atoms with E-state index in [4.69, 9.17) is 9.47 Å².